The number of aliphatic imine (C=N–C) groups is 4. The van der Waals surface area contributed by atoms with Crippen molar-refractivity contribution >= 4 is 147 Å². The molecule has 0 aliphatic carbocycles. The third-order valence-electron chi connectivity index (χ3n) is 12.7. The Kier molecular flexibility index (Phi) is 35.9. The molecule has 23 heteroatoms. The van der Waals surface area contributed by atoms with Crippen LogP contribution in [0.15, 0.2) is 190 Å². The van der Waals surface area contributed by atoms with Crippen LogP contribution in [-0.2, 0) is 61.3 Å². The van der Waals surface area contributed by atoms with E-state index in [0.29, 0.717) is 23.4 Å². The number of fused-ring (bicyclic) bond motifs is 4. The van der Waals surface area contributed by atoms with Crippen LogP contribution in [0.2, 0.25) is 0 Å². The molecule has 2 radical (unpaired) electrons. The fourth-order valence-corrected chi connectivity index (χ4v) is 10.1. The Morgan fingerprint density at radius 2 is 0.659 bits per heavy atom. The molecule has 0 spiro atoms. The second kappa shape index (κ2) is 39.4. The van der Waals surface area contributed by atoms with Crippen molar-refractivity contribution in [3.05, 3.63) is 214 Å². The van der Waals surface area contributed by atoms with Crippen LogP contribution in [0.1, 0.15) is 103 Å². The molecule has 0 saturated heterocycles. The highest BCUT2D eigenvalue weighted by molar-refractivity contribution is 14.1. The SMILES string of the molecule is C.C.C.C.C.C.CC1=Nc2ccc(-c3ccc4c(c3)CC(c3ccc(Oc5ccc(C)cc5)cc3)=N4)cc2C1.CC1=Nc2ccc(-c3ccc4c(c3)CC(c3ccc(Oc5ccc(C)cc5)cc3)=N4)cc2C1.CS(=O)(=O)O.CS(=O)(=O)O.O=P[B]I.O=S=P[B]I. The van der Waals surface area contributed by atoms with E-state index in [1.807, 2.05) is 93.3 Å². The lowest BCUT2D eigenvalue weighted by atomic mass is 9.97. The molecule has 8 aromatic rings. The zero-order valence-corrected chi connectivity index (χ0v) is 55.5. The maximum atomic E-state index is 9.40. The molecule has 0 saturated carbocycles. The highest BCUT2D eigenvalue weighted by Crippen LogP contribution is 2.38. The summed E-state index contributed by atoms with van der Waals surface area (Å²) in [5.41, 5.74) is 23.8. The van der Waals surface area contributed by atoms with E-state index < -0.39 is 20.2 Å². The van der Waals surface area contributed by atoms with Gasteiger partial charge in [-0.25, -0.2) is 4.21 Å². The Hall–Kier alpha value is -6.13. The van der Waals surface area contributed by atoms with Gasteiger partial charge in [0.15, 0.2) is 0 Å². The number of halogens is 2. The molecule has 4 aliphatic heterocycles. The topological polar surface area (TPSA) is 211 Å². The predicted octanol–water partition coefficient (Wildman–Crippen LogP) is 20.7. The predicted molar refractivity (Wildman–Crippen MR) is 409 cm³/mol. The van der Waals surface area contributed by atoms with Gasteiger partial charge < -0.3 is 9.47 Å². The van der Waals surface area contributed by atoms with Crippen molar-refractivity contribution in [3.63, 3.8) is 0 Å². The minimum Gasteiger partial charge on any atom is -0.457 e. The van der Waals surface area contributed by atoms with Crippen LogP contribution in [0.5, 0.6) is 23.0 Å². The summed E-state index contributed by atoms with van der Waals surface area (Å²) in [5, 5.41) is 0. The molecule has 0 fully saturated rings. The molecule has 2 N–H and O–H groups in total. The quantitative estimate of drug-likeness (QED) is 0.0572. The van der Waals surface area contributed by atoms with Crippen molar-refractivity contribution in [3.8, 4) is 45.3 Å². The van der Waals surface area contributed by atoms with Gasteiger partial charge in [0.1, 0.15) is 42.2 Å². The van der Waals surface area contributed by atoms with Gasteiger partial charge in [-0.1, -0.05) is 104 Å². The lowest BCUT2D eigenvalue weighted by Crippen LogP contribution is -2.00. The van der Waals surface area contributed by atoms with Crippen molar-refractivity contribution < 1.29 is 44.2 Å². The summed E-state index contributed by atoms with van der Waals surface area (Å²) in [5.74, 6) is 3.35. The monoisotopic (exact) mass is 1550 g/mol. The number of ether oxygens (including phenoxy) is 2. The largest absolute Gasteiger partial charge is 0.457 e. The Balaban J connectivity index is 0.000000675. The van der Waals surface area contributed by atoms with Crippen molar-refractivity contribution in [2.75, 3.05) is 12.5 Å². The molecule has 4 aliphatic rings. The molecule has 12 rings (SSSR count). The van der Waals surface area contributed by atoms with Crippen molar-refractivity contribution in [1.82, 2.24) is 0 Å². The third kappa shape index (κ3) is 26.8. The number of nitrogens with zero attached hydrogens (tertiary/aromatic N) is 4. The summed E-state index contributed by atoms with van der Waals surface area (Å²) in [7, 11) is -5.86. The zero-order chi connectivity index (χ0) is 61.3. The van der Waals surface area contributed by atoms with Gasteiger partial charge in [-0.05, 0) is 212 Å². The van der Waals surface area contributed by atoms with E-state index >= 15 is 0 Å². The van der Waals surface area contributed by atoms with Gasteiger partial charge >= 0.3 is 4.86 Å². The smallest absolute Gasteiger partial charge is 0.324 e. The number of hydrogen-bond acceptors (Lipinski definition) is 12. The molecule has 4 heterocycles. The third-order valence-corrected chi connectivity index (χ3v) is 16.2. The number of hydrogen-bond donors (Lipinski definition) is 2. The highest BCUT2D eigenvalue weighted by Gasteiger charge is 2.21. The molecule has 0 bridgehead atoms. The van der Waals surface area contributed by atoms with Gasteiger partial charge in [0.2, 0.25) is 0 Å². The van der Waals surface area contributed by atoms with Crippen LogP contribution >= 0.6 is 60.3 Å². The highest BCUT2D eigenvalue weighted by atomic mass is 127. The summed E-state index contributed by atoms with van der Waals surface area (Å²) in [6.07, 6.45) is 5.01. The van der Waals surface area contributed by atoms with Crippen LogP contribution in [0.4, 0.5) is 22.7 Å². The molecule has 14 nitrogen and oxygen atoms in total. The Labute approximate surface area is 575 Å². The van der Waals surface area contributed by atoms with Crippen LogP contribution in [0.25, 0.3) is 22.3 Å². The fourth-order valence-electron chi connectivity index (χ4n) is 9.10. The Morgan fingerprint density at radius 3 is 0.901 bits per heavy atom. The first kappa shape index (κ1) is 82.9. The van der Waals surface area contributed by atoms with E-state index in [2.05, 4.69) is 159 Å². The average molecular weight is 1550 g/mol. The fraction of sp³-hybridized carbons (Fsp3) is 0.235. The van der Waals surface area contributed by atoms with E-state index in [9.17, 15) is 25.6 Å². The molecule has 0 unspecified atom stereocenters. The van der Waals surface area contributed by atoms with Crippen LogP contribution in [-0.4, -0.2) is 75.2 Å². The van der Waals surface area contributed by atoms with Crippen molar-refractivity contribution in [2.45, 2.75) is 97.9 Å². The molecule has 91 heavy (non-hydrogen) atoms. The maximum Gasteiger partial charge on any atom is 0.324 e. The van der Waals surface area contributed by atoms with E-state index in [0.717, 1.165) is 101 Å². The summed E-state index contributed by atoms with van der Waals surface area (Å²) >= 11 is 3.93. The van der Waals surface area contributed by atoms with Gasteiger partial charge in [-0.3, -0.25) is 33.6 Å². The maximum absolute atomic E-state index is 9.40. The summed E-state index contributed by atoms with van der Waals surface area (Å²) < 4.78 is 82.3. The molecular formula is C68H80B2I2N4O10P2S3. The second-order valence-electron chi connectivity index (χ2n) is 19.7. The van der Waals surface area contributed by atoms with Crippen molar-refractivity contribution in [2.24, 2.45) is 20.0 Å². The van der Waals surface area contributed by atoms with E-state index in [1.54, 1.807) is 4.86 Å². The van der Waals surface area contributed by atoms with Crippen LogP contribution in [0, 0.1) is 13.8 Å². The van der Waals surface area contributed by atoms with E-state index in [1.165, 1.54) is 71.9 Å². The molecular weight excluding hydrogens is 1470 g/mol. The molecule has 0 amide bonds. The van der Waals surface area contributed by atoms with Gasteiger partial charge in [-0.2, -0.15) is 16.8 Å². The van der Waals surface area contributed by atoms with Crippen LogP contribution in [0.3, 0.4) is 0 Å². The minimum absolute atomic E-state index is 0. The summed E-state index contributed by atoms with van der Waals surface area (Å²) in [6.45, 7) is 8.33. The molecule has 0 atom stereocenters. The molecule has 0 aromatic heterocycles. The average Bonchev–Trinajstić information content (AvgIpc) is 1.78. The van der Waals surface area contributed by atoms with E-state index in [4.69, 9.17) is 28.6 Å². The Bertz CT molecular complexity index is 3870. The Morgan fingerprint density at radius 1 is 0.418 bits per heavy atom. The lowest BCUT2D eigenvalue weighted by molar-refractivity contribution is 0.482. The van der Waals surface area contributed by atoms with E-state index in [-0.39, 0.29) is 52.9 Å². The molecule has 8 aromatic carbocycles. The van der Waals surface area contributed by atoms with Gasteiger partial charge in [0.25, 0.3) is 25.1 Å². The van der Waals surface area contributed by atoms with Gasteiger partial charge in [-0.15, -0.1) is 44.7 Å². The first-order valence-corrected chi connectivity index (χ1v) is 35.4. The van der Waals surface area contributed by atoms with Gasteiger partial charge in [0, 0.05) is 37.1 Å². The standard InChI is InChI=1S/2C30H24N2O.2CH4O3S.6CH4.BIOPS.BIOP/c2*1-19-3-9-26(10-4-19)33-27-11-5-21(6-12-27)30-18-25-17-23(8-14-29(25)32-30)22-7-13-28-24(16-22)15-20(2)31-28;2*1-5(2,3)4;;;;;;;2-1-4-5-3;2-1-4-3/h2*3-14,16-17H,15,18H2,1-2H3;2*1H3,(H,2,3,4);6*1H4;;. The number of rotatable bonds is 10. The lowest BCUT2D eigenvalue weighted by Gasteiger charge is -2.07. The van der Waals surface area contributed by atoms with Crippen molar-refractivity contribution in [1.29, 1.82) is 0 Å². The number of benzene rings is 8. The summed E-state index contributed by atoms with van der Waals surface area (Å²) in [4.78, 5) is 22.3. The first-order valence-electron chi connectivity index (χ1n) is 26.0. The molecule has 480 valence electrons. The zero-order valence-electron chi connectivity index (χ0n) is 47.0. The first-order chi connectivity index (χ1) is 40.5. The normalized spacial score (nSPS) is 12.1. The van der Waals surface area contributed by atoms with Gasteiger partial charge in [0.05, 0.1) is 46.7 Å². The number of aryl methyl sites for hydroxylation is 2. The summed E-state index contributed by atoms with van der Waals surface area (Å²) in [6, 6.07) is 59.0. The minimum atomic E-state index is -3.67. The second-order valence-corrected chi connectivity index (χ2v) is 28.0. The van der Waals surface area contributed by atoms with Crippen LogP contribution < -0.4 is 9.47 Å².